The van der Waals surface area contributed by atoms with Gasteiger partial charge in [0.2, 0.25) is 10.0 Å². The molecule has 0 atom stereocenters. The zero-order valence-corrected chi connectivity index (χ0v) is 12.4. The van der Waals surface area contributed by atoms with Crippen molar-refractivity contribution in [3.05, 3.63) is 24.3 Å². The molecule has 0 aromatic heterocycles. The van der Waals surface area contributed by atoms with E-state index < -0.39 is 16.0 Å². The summed E-state index contributed by atoms with van der Waals surface area (Å²) >= 11 is 0. The van der Waals surface area contributed by atoms with Crippen molar-refractivity contribution in [1.29, 1.82) is 0 Å². The van der Waals surface area contributed by atoms with Gasteiger partial charge in [0.05, 0.1) is 12.1 Å². The maximum Gasteiger partial charge on any atom is 0.304 e. The van der Waals surface area contributed by atoms with E-state index in [0.717, 1.165) is 0 Å². The van der Waals surface area contributed by atoms with Gasteiger partial charge in [0.25, 0.3) is 0 Å². The molecule has 7 nitrogen and oxygen atoms in total. The highest BCUT2D eigenvalue weighted by Crippen LogP contribution is 2.24. The average Bonchev–Trinajstić information content (AvgIpc) is 2.45. The first-order valence-electron chi connectivity index (χ1n) is 6.69. The van der Waals surface area contributed by atoms with Crippen molar-refractivity contribution in [3.8, 4) is 0 Å². The van der Waals surface area contributed by atoms with Gasteiger partial charge in [-0.2, -0.15) is 0 Å². The van der Waals surface area contributed by atoms with Crippen LogP contribution in [0.3, 0.4) is 0 Å². The lowest BCUT2D eigenvalue weighted by molar-refractivity contribution is -0.137. The Balaban J connectivity index is 2.05. The second kappa shape index (κ2) is 6.42. The standard InChI is InChI=1S/C13H19N3O4S/c14-21(19,20)12-4-2-1-3-11(12)16-9-7-15(8-10-16)6-5-13(17)18/h1-4H,5-10H2,(H,17,18)(H2,14,19,20). The quantitative estimate of drug-likeness (QED) is 0.788. The van der Waals surface area contributed by atoms with Gasteiger partial charge in [0.15, 0.2) is 0 Å². The summed E-state index contributed by atoms with van der Waals surface area (Å²) in [6.45, 7) is 3.21. The maximum atomic E-state index is 11.6. The van der Waals surface area contributed by atoms with Crippen LogP contribution in [0.1, 0.15) is 6.42 Å². The van der Waals surface area contributed by atoms with Gasteiger partial charge < -0.3 is 10.0 Å². The Morgan fingerprint density at radius 3 is 2.38 bits per heavy atom. The molecular weight excluding hydrogens is 294 g/mol. The Morgan fingerprint density at radius 2 is 1.81 bits per heavy atom. The van der Waals surface area contributed by atoms with E-state index in [0.29, 0.717) is 38.4 Å². The summed E-state index contributed by atoms with van der Waals surface area (Å²) < 4.78 is 23.2. The molecular formula is C13H19N3O4S. The molecule has 0 radical (unpaired) electrons. The second-order valence-corrected chi connectivity index (χ2v) is 6.52. The van der Waals surface area contributed by atoms with Gasteiger partial charge in [-0.1, -0.05) is 12.1 Å². The third-order valence-corrected chi connectivity index (χ3v) is 4.48. The molecule has 116 valence electrons. The molecule has 0 unspecified atom stereocenters. The summed E-state index contributed by atoms with van der Waals surface area (Å²) in [4.78, 5) is 14.7. The van der Waals surface area contributed by atoms with Crippen LogP contribution >= 0.6 is 0 Å². The van der Waals surface area contributed by atoms with E-state index in [4.69, 9.17) is 10.2 Å². The fourth-order valence-corrected chi connectivity index (χ4v) is 3.18. The van der Waals surface area contributed by atoms with Crippen LogP contribution in [0.15, 0.2) is 29.2 Å². The lowest BCUT2D eigenvalue weighted by Crippen LogP contribution is -2.47. The fourth-order valence-electron chi connectivity index (χ4n) is 2.43. The number of hydrogen-bond donors (Lipinski definition) is 2. The minimum atomic E-state index is -3.75. The third kappa shape index (κ3) is 4.16. The van der Waals surface area contributed by atoms with Gasteiger partial charge in [-0.3, -0.25) is 9.69 Å². The Hall–Kier alpha value is -1.64. The maximum absolute atomic E-state index is 11.6. The van der Waals surface area contributed by atoms with Crippen molar-refractivity contribution < 1.29 is 18.3 Å². The molecule has 0 aliphatic carbocycles. The number of anilines is 1. The molecule has 1 saturated heterocycles. The molecule has 1 aromatic carbocycles. The molecule has 2 rings (SSSR count). The van der Waals surface area contributed by atoms with Gasteiger partial charge in [0.1, 0.15) is 4.90 Å². The second-order valence-electron chi connectivity index (χ2n) is 4.99. The number of carboxylic acids is 1. The SMILES string of the molecule is NS(=O)(=O)c1ccccc1N1CCN(CCC(=O)O)CC1. The number of piperazine rings is 1. The van der Waals surface area contributed by atoms with E-state index >= 15 is 0 Å². The van der Waals surface area contributed by atoms with Crippen LogP contribution in [-0.4, -0.2) is 57.1 Å². The summed E-state index contributed by atoms with van der Waals surface area (Å²) in [5.41, 5.74) is 0.609. The summed E-state index contributed by atoms with van der Waals surface area (Å²) in [5, 5.41) is 13.9. The number of aliphatic carboxylic acids is 1. The lowest BCUT2D eigenvalue weighted by Gasteiger charge is -2.36. The molecule has 21 heavy (non-hydrogen) atoms. The van der Waals surface area contributed by atoms with Crippen molar-refractivity contribution in [3.63, 3.8) is 0 Å². The van der Waals surface area contributed by atoms with Gasteiger partial charge >= 0.3 is 5.97 Å². The zero-order valence-electron chi connectivity index (χ0n) is 11.6. The number of primary sulfonamides is 1. The molecule has 0 spiro atoms. The Bertz CT molecular complexity index is 610. The Labute approximate surface area is 124 Å². The summed E-state index contributed by atoms with van der Waals surface area (Å²) in [5.74, 6) is -0.808. The van der Waals surface area contributed by atoms with E-state index in [-0.39, 0.29) is 11.3 Å². The van der Waals surface area contributed by atoms with Gasteiger partial charge in [-0.05, 0) is 12.1 Å². The molecule has 8 heteroatoms. The van der Waals surface area contributed by atoms with Crippen molar-refractivity contribution >= 4 is 21.7 Å². The predicted octanol–water partition coefficient (Wildman–Crippen LogP) is -0.0693. The van der Waals surface area contributed by atoms with Gasteiger partial charge in [-0.15, -0.1) is 0 Å². The number of hydrogen-bond acceptors (Lipinski definition) is 5. The van der Waals surface area contributed by atoms with Crippen LogP contribution in [0, 0.1) is 0 Å². The predicted molar refractivity (Wildman–Crippen MR) is 78.7 cm³/mol. The van der Waals surface area contributed by atoms with Gasteiger partial charge in [0, 0.05) is 32.7 Å². The van der Waals surface area contributed by atoms with Crippen molar-refractivity contribution in [2.45, 2.75) is 11.3 Å². The monoisotopic (exact) mass is 313 g/mol. The molecule has 0 saturated carbocycles. The van der Waals surface area contributed by atoms with Crippen LogP contribution in [0.25, 0.3) is 0 Å². The number of carboxylic acid groups (broad SMARTS) is 1. The number of rotatable bonds is 5. The largest absolute Gasteiger partial charge is 0.481 e. The first-order chi connectivity index (χ1) is 9.88. The van der Waals surface area contributed by atoms with Crippen molar-refractivity contribution in [1.82, 2.24) is 4.90 Å². The van der Waals surface area contributed by atoms with Crippen molar-refractivity contribution in [2.75, 3.05) is 37.6 Å². The number of nitrogens with zero attached hydrogens (tertiary/aromatic N) is 2. The van der Waals surface area contributed by atoms with Gasteiger partial charge in [-0.25, -0.2) is 13.6 Å². The Kier molecular flexibility index (Phi) is 4.81. The molecule has 1 aliphatic rings. The molecule has 1 aliphatic heterocycles. The van der Waals surface area contributed by atoms with Crippen LogP contribution in [0.2, 0.25) is 0 Å². The molecule has 0 amide bonds. The van der Waals surface area contributed by atoms with Crippen molar-refractivity contribution in [2.24, 2.45) is 5.14 Å². The number of benzene rings is 1. The Morgan fingerprint density at radius 1 is 1.19 bits per heavy atom. The molecule has 0 bridgehead atoms. The number of sulfonamides is 1. The highest BCUT2D eigenvalue weighted by Gasteiger charge is 2.22. The smallest absolute Gasteiger partial charge is 0.304 e. The third-order valence-electron chi connectivity index (χ3n) is 3.53. The molecule has 1 aromatic rings. The number of nitrogens with two attached hydrogens (primary N) is 1. The molecule has 1 fully saturated rings. The summed E-state index contributed by atoms with van der Waals surface area (Å²) in [6, 6.07) is 6.67. The highest BCUT2D eigenvalue weighted by atomic mass is 32.2. The fraction of sp³-hybridized carbons (Fsp3) is 0.462. The van der Waals surface area contributed by atoms with Crippen LogP contribution in [0.4, 0.5) is 5.69 Å². The van der Waals surface area contributed by atoms with E-state index in [1.165, 1.54) is 6.07 Å². The first-order valence-corrected chi connectivity index (χ1v) is 8.23. The van der Waals surface area contributed by atoms with Crippen LogP contribution in [0.5, 0.6) is 0 Å². The minimum Gasteiger partial charge on any atom is -0.481 e. The van der Waals surface area contributed by atoms with E-state index in [9.17, 15) is 13.2 Å². The first kappa shape index (κ1) is 15.7. The van der Waals surface area contributed by atoms with E-state index in [1.807, 2.05) is 4.90 Å². The average molecular weight is 313 g/mol. The summed E-state index contributed by atoms with van der Waals surface area (Å²) in [6.07, 6.45) is 0.119. The number of para-hydroxylation sites is 1. The lowest BCUT2D eigenvalue weighted by atomic mass is 10.2. The zero-order chi connectivity index (χ0) is 15.5. The molecule has 3 N–H and O–H groups in total. The minimum absolute atomic E-state index is 0.119. The van der Waals surface area contributed by atoms with E-state index in [2.05, 4.69) is 4.90 Å². The van der Waals surface area contributed by atoms with E-state index in [1.54, 1.807) is 18.2 Å². The summed E-state index contributed by atoms with van der Waals surface area (Å²) in [7, 11) is -3.75. The van der Waals surface area contributed by atoms with Crippen LogP contribution in [-0.2, 0) is 14.8 Å². The normalized spacial score (nSPS) is 16.9. The highest BCUT2D eigenvalue weighted by molar-refractivity contribution is 7.89. The molecule has 1 heterocycles. The number of carbonyl (C=O) groups is 1. The van der Waals surface area contributed by atoms with Crippen LogP contribution < -0.4 is 10.0 Å². The topological polar surface area (TPSA) is 104 Å².